The zero-order chi connectivity index (χ0) is 22.6. The van der Waals surface area contributed by atoms with Gasteiger partial charge in [0.05, 0.1) is 5.69 Å². The molecule has 1 unspecified atom stereocenters. The summed E-state index contributed by atoms with van der Waals surface area (Å²) < 4.78 is 38.2. The van der Waals surface area contributed by atoms with E-state index < -0.39 is 18.3 Å². The summed E-state index contributed by atoms with van der Waals surface area (Å²) in [5.74, 6) is 0.0962. The average molecular weight is 456 g/mol. The Morgan fingerprint density at radius 3 is 2.45 bits per heavy atom. The van der Waals surface area contributed by atoms with Gasteiger partial charge in [0.25, 0.3) is 0 Å². The number of aromatic nitrogens is 1. The number of aliphatic hydroxyl groups is 1. The van der Waals surface area contributed by atoms with Crippen molar-refractivity contribution in [3.63, 3.8) is 0 Å². The molecule has 2 aromatic rings. The fraction of sp³-hybridized carbons (Fsp3) is 0.545. The Balaban J connectivity index is 1.42. The largest absolute Gasteiger partial charge is 0.418 e. The molecule has 1 heterocycles. The molecular weight excluding hydrogens is 427 g/mol. The van der Waals surface area contributed by atoms with E-state index >= 15 is 0 Å². The van der Waals surface area contributed by atoms with Crippen molar-refractivity contribution in [3.05, 3.63) is 35.2 Å². The van der Waals surface area contributed by atoms with Crippen LogP contribution in [0, 0.1) is 12.8 Å². The number of aryl methyl sites for hydroxylation is 1. The van der Waals surface area contributed by atoms with Crippen LogP contribution in [0.4, 0.5) is 18.3 Å². The molecule has 1 fully saturated rings. The first kappa shape index (κ1) is 23.7. The third kappa shape index (κ3) is 6.51. The summed E-state index contributed by atoms with van der Waals surface area (Å²) in [6.07, 6.45) is -1.42. The number of nitrogens with zero attached hydrogens (tertiary/aromatic N) is 1. The Hall–Kier alpha value is -1.97. The van der Waals surface area contributed by atoms with Gasteiger partial charge in [0, 0.05) is 30.0 Å². The minimum atomic E-state index is -4.66. The van der Waals surface area contributed by atoms with E-state index in [1.54, 1.807) is 0 Å². The van der Waals surface area contributed by atoms with E-state index in [0.29, 0.717) is 24.4 Å². The molecule has 1 amide bonds. The van der Waals surface area contributed by atoms with Crippen LogP contribution in [0.1, 0.15) is 44.6 Å². The summed E-state index contributed by atoms with van der Waals surface area (Å²) in [5, 5.41) is 17.7. The molecule has 3 N–H and O–H groups in total. The highest BCUT2D eigenvalue weighted by Gasteiger charge is 2.49. The maximum absolute atomic E-state index is 12.7. The Kier molecular flexibility index (Phi) is 7.39. The van der Waals surface area contributed by atoms with Crippen LogP contribution in [0.5, 0.6) is 0 Å². The normalized spacial score (nSPS) is 21.5. The predicted molar refractivity (Wildman–Crippen MR) is 116 cm³/mol. The first-order chi connectivity index (χ1) is 14.5. The zero-order valence-electron chi connectivity index (χ0n) is 17.6. The van der Waals surface area contributed by atoms with E-state index in [4.69, 9.17) is 0 Å². The molecule has 0 spiro atoms. The Bertz CT molecular complexity index is 873. The second kappa shape index (κ2) is 9.67. The molecule has 0 bridgehead atoms. The number of halogens is 3. The van der Waals surface area contributed by atoms with Crippen molar-refractivity contribution < 1.29 is 23.1 Å². The van der Waals surface area contributed by atoms with E-state index in [9.17, 15) is 23.1 Å². The summed E-state index contributed by atoms with van der Waals surface area (Å²) in [6, 6.07) is 7.95. The van der Waals surface area contributed by atoms with Crippen molar-refractivity contribution >= 4 is 22.4 Å². The lowest BCUT2D eigenvalue weighted by Crippen LogP contribution is -2.52. The van der Waals surface area contributed by atoms with Gasteiger partial charge in [-0.1, -0.05) is 29.8 Å². The van der Waals surface area contributed by atoms with Gasteiger partial charge >= 0.3 is 6.18 Å². The molecule has 1 aromatic carbocycles. The molecule has 170 valence electrons. The minimum Gasteiger partial charge on any atom is -0.380 e. The lowest BCUT2D eigenvalue weighted by molar-refractivity contribution is -0.250. The quantitative estimate of drug-likeness (QED) is 0.555. The zero-order valence-corrected chi connectivity index (χ0v) is 18.4. The van der Waals surface area contributed by atoms with E-state index in [1.807, 2.05) is 36.6 Å². The Morgan fingerprint density at radius 2 is 1.84 bits per heavy atom. The van der Waals surface area contributed by atoms with Gasteiger partial charge in [-0.15, -0.1) is 11.3 Å². The van der Waals surface area contributed by atoms with Crippen molar-refractivity contribution in [1.29, 1.82) is 0 Å². The summed E-state index contributed by atoms with van der Waals surface area (Å²) in [7, 11) is 0. The topological polar surface area (TPSA) is 74.2 Å². The smallest absolute Gasteiger partial charge is 0.380 e. The van der Waals surface area contributed by atoms with Gasteiger partial charge in [-0.25, -0.2) is 4.98 Å². The molecule has 0 aliphatic heterocycles. The van der Waals surface area contributed by atoms with Crippen molar-refractivity contribution in [1.82, 2.24) is 10.3 Å². The molecule has 0 radical (unpaired) electrons. The number of rotatable bonds is 7. The molecule has 3 rings (SSSR count). The highest BCUT2D eigenvalue weighted by molar-refractivity contribution is 7.14. The summed E-state index contributed by atoms with van der Waals surface area (Å²) in [5.41, 5.74) is 0.247. The Morgan fingerprint density at radius 1 is 1.19 bits per heavy atom. The third-order valence-corrected chi connectivity index (χ3v) is 6.52. The fourth-order valence-corrected chi connectivity index (χ4v) is 4.37. The van der Waals surface area contributed by atoms with E-state index in [1.165, 1.54) is 16.9 Å². The number of alkyl halides is 3. The SMILES string of the molecule is Cc1ccc(-c2csc(NC(=O)C[C@H]3CC[C@@H](NCC(C)(O)C(F)(F)F)CC3)n2)cc1. The molecule has 1 aliphatic carbocycles. The second-order valence-electron chi connectivity index (χ2n) is 8.53. The van der Waals surface area contributed by atoms with Crippen LogP contribution in [0.15, 0.2) is 29.6 Å². The van der Waals surface area contributed by atoms with Gasteiger partial charge < -0.3 is 15.7 Å². The molecule has 1 saturated carbocycles. The van der Waals surface area contributed by atoms with Crippen LogP contribution in [-0.4, -0.2) is 40.4 Å². The van der Waals surface area contributed by atoms with E-state index in [-0.39, 0.29) is 17.9 Å². The number of hydrogen-bond acceptors (Lipinski definition) is 5. The van der Waals surface area contributed by atoms with E-state index in [0.717, 1.165) is 31.0 Å². The number of nitrogens with one attached hydrogen (secondary N) is 2. The summed E-state index contributed by atoms with van der Waals surface area (Å²) in [6.45, 7) is 2.27. The highest BCUT2D eigenvalue weighted by Crippen LogP contribution is 2.31. The third-order valence-electron chi connectivity index (χ3n) is 5.76. The summed E-state index contributed by atoms with van der Waals surface area (Å²) in [4.78, 5) is 16.9. The number of carbonyl (C=O) groups is 1. The maximum atomic E-state index is 12.7. The van der Waals surface area contributed by atoms with Gasteiger partial charge in [0.15, 0.2) is 10.7 Å². The standard InChI is InChI=1S/C22H28F3N3O2S/c1-14-3-7-16(8-4-14)18-12-31-20(27-18)28-19(29)11-15-5-9-17(10-6-15)26-13-21(2,30)22(23,24)25/h3-4,7-8,12,15,17,26,30H,5-6,9-11,13H2,1-2H3,(H,27,28,29)/t15-,17+,21?. The number of anilines is 1. The second-order valence-corrected chi connectivity index (χ2v) is 9.38. The first-order valence-electron chi connectivity index (χ1n) is 10.4. The molecule has 1 atom stereocenters. The van der Waals surface area contributed by atoms with Gasteiger partial charge in [-0.2, -0.15) is 13.2 Å². The van der Waals surface area contributed by atoms with Crippen LogP contribution < -0.4 is 10.6 Å². The van der Waals surface area contributed by atoms with Gasteiger partial charge in [0.2, 0.25) is 5.91 Å². The van der Waals surface area contributed by atoms with Crippen LogP contribution in [0.25, 0.3) is 11.3 Å². The first-order valence-corrected chi connectivity index (χ1v) is 11.3. The molecule has 1 aliphatic rings. The van der Waals surface area contributed by atoms with Gasteiger partial charge in [-0.3, -0.25) is 4.79 Å². The van der Waals surface area contributed by atoms with Crippen LogP contribution in [0.2, 0.25) is 0 Å². The van der Waals surface area contributed by atoms with E-state index in [2.05, 4.69) is 15.6 Å². The Labute approximate surface area is 184 Å². The fourth-order valence-electron chi connectivity index (χ4n) is 3.63. The molecule has 5 nitrogen and oxygen atoms in total. The lowest BCUT2D eigenvalue weighted by Gasteiger charge is -2.32. The van der Waals surface area contributed by atoms with Crippen LogP contribution in [-0.2, 0) is 4.79 Å². The molecule has 0 saturated heterocycles. The molecule has 1 aromatic heterocycles. The number of thiazole rings is 1. The van der Waals surface area contributed by atoms with Crippen LogP contribution >= 0.6 is 11.3 Å². The molecule has 31 heavy (non-hydrogen) atoms. The number of amides is 1. The number of carbonyl (C=O) groups excluding carboxylic acids is 1. The summed E-state index contributed by atoms with van der Waals surface area (Å²) >= 11 is 1.38. The molecular formula is C22H28F3N3O2S. The predicted octanol–water partition coefficient (Wildman–Crippen LogP) is 4.91. The van der Waals surface area contributed by atoms with Gasteiger partial charge in [-0.05, 0) is 45.4 Å². The van der Waals surface area contributed by atoms with Crippen molar-refractivity contribution in [2.24, 2.45) is 5.92 Å². The minimum absolute atomic E-state index is 0.0795. The maximum Gasteiger partial charge on any atom is 0.418 e. The van der Waals surface area contributed by atoms with Gasteiger partial charge in [0.1, 0.15) is 0 Å². The van der Waals surface area contributed by atoms with Crippen molar-refractivity contribution in [3.8, 4) is 11.3 Å². The van der Waals surface area contributed by atoms with Crippen molar-refractivity contribution in [2.75, 3.05) is 11.9 Å². The van der Waals surface area contributed by atoms with Crippen molar-refractivity contribution in [2.45, 2.75) is 63.8 Å². The molecule has 9 heteroatoms. The number of benzene rings is 1. The average Bonchev–Trinajstić information content (AvgIpc) is 3.15. The van der Waals surface area contributed by atoms with Crippen LogP contribution in [0.3, 0.4) is 0 Å². The number of hydrogen-bond donors (Lipinski definition) is 3. The monoisotopic (exact) mass is 455 g/mol. The lowest BCUT2D eigenvalue weighted by atomic mass is 9.83. The highest BCUT2D eigenvalue weighted by atomic mass is 32.1.